The van der Waals surface area contributed by atoms with Gasteiger partial charge in [-0.3, -0.25) is 0 Å². The molecule has 1 rings (SSSR count). The van der Waals surface area contributed by atoms with Gasteiger partial charge in [-0.2, -0.15) is 0 Å². The Morgan fingerprint density at radius 2 is 2.19 bits per heavy atom. The highest BCUT2D eigenvalue weighted by Crippen LogP contribution is 2.14. The van der Waals surface area contributed by atoms with Crippen molar-refractivity contribution in [2.75, 3.05) is 18.0 Å². The molecule has 0 aliphatic rings. The number of hydrogen-bond donors (Lipinski definition) is 1. The normalized spacial score (nSPS) is 10.5. The molecule has 0 bridgehead atoms. The van der Waals surface area contributed by atoms with Crippen molar-refractivity contribution in [1.29, 1.82) is 0 Å². The number of carbonyl (C=O) groups is 1. The van der Waals surface area contributed by atoms with Crippen LogP contribution in [-0.2, 0) is 0 Å². The molecule has 0 saturated carbocycles. The first-order valence-electron chi connectivity index (χ1n) is 5.49. The number of carboxylic acid groups (broad SMARTS) is 1. The molecule has 0 aliphatic carbocycles. The van der Waals surface area contributed by atoms with Crippen LogP contribution in [0.1, 0.15) is 31.3 Å². The van der Waals surface area contributed by atoms with Crippen molar-refractivity contribution in [3.05, 3.63) is 24.0 Å². The smallest absolute Gasteiger partial charge is 0.354 e. The molecular weight excluding hydrogens is 204 g/mol. The predicted molar refractivity (Wildman–Crippen MR) is 63.9 cm³/mol. The minimum atomic E-state index is -0.988. The molecular formula is C12H18N2O2. The summed E-state index contributed by atoms with van der Waals surface area (Å²) in [5, 5.41) is 8.74. The van der Waals surface area contributed by atoms with Crippen LogP contribution in [0.2, 0.25) is 0 Å². The van der Waals surface area contributed by atoms with Crippen molar-refractivity contribution in [2.45, 2.75) is 20.8 Å². The summed E-state index contributed by atoms with van der Waals surface area (Å²) in [6, 6.07) is 3.35. The predicted octanol–water partition coefficient (Wildman–Crippen LogP) is 2.26. The van der Waals surface area contributed by atoms with Crippen LogP contribution in [0, 0.1) is 5.92 Å². The molecule has 88 valence electrons. The lowest BCUT2D eigenvalue weighted by molar-refractivity contribution is 0.0690. The molecule has 16 heavy (non-hydrogen) atoms. The van der Waals surface area contributed by atoms with E-state index in [0.29, 0.717) is 5.92 Å². The van der Waals surface area contributed by atoms with Crippen LogP contribution in [0.15, 0.2) is 18.3 Å². The number of anilines is 1. The lowest BCUT2D eigenvalue weighted by atomic mass is 10.2. The zero-order chi connectivity index (χ0) is 12.1. The van der Waals surface area contributed by atoms with Gasteiger partial charge in [0, 0.05) is 13.1 Å². The largest absolute Gasteiger partial charge is 0.477 e. The molecule has 0 saturated heterocycles. The van der Waals surface area contributed by atoms with Gasteiger partial charge in [0.1, 0.15) is 5.69 Å². The fourth-order valence-electron chi connectivity index (χ4n) is 1.56. The van der Waals surface area contributed by atoms with E-state index in [2.05, 4.69) is 30.7 Å². The van der Waals surface area contributed by atoms with E-state index in [0.717, 1.165) is 18.8 Å². The maximum Gasteiger partial charge on any atom is 0.354 e. The molecule has 0 aliphatic heterocycles. The Kier molecular flexibility index (Phi) is 4.28. The van der Waals surface area contributed by atoms with E-state index in [1.165, 1.54) is 0 Å². The molecule has 1 heterocycles. The molecule has 0 radical (unpaired) electrons. The van der Waals surface area contributed by atoms with Gasteiger partial charge in [0.05, 0.1) is 11.9 Å². The fraction of sp³-hybridized carbons (Fsp3) is 0.500. The zero-order valence-electron chi connectivity index (χ0n) is 9.97. The van der Waals surface area contributed by atoms with Crippen LogP contribution >= 0.6 is 0 Å². The van der Waals surface area contributed by atoms with E-state index in [1.54, 1.807) is 12.3 Å². The second-order valence-electron chi connectivity index (χ2n) is 4.14. The number of hydrogen-bond acceptors (Lipinski definition) is 3. The third-order valence-electron chi connectivity index (χ3n) is 2.30. The van der Waals surface area contributed by atoms with Crippen molar-refractivity contribution in [1.82, 2.24) is 4.98 Å². The van der Waals surface area contributed by atoms with E-state index in [1.807, 2.05) is 6.07 Å². The number of aromatic nitrogens is 1. The highest BCUT2D eigenvalue weighted by atomic mass is 16.4. The summed E-state index contributed by atoms with van der Waals surface area (Å²) in [7, 11) is 0. The first-order chi connectivity index (χ1) is 7.54. The van der Waals surface area contributed by atoms with Crippen LogP contribution in [0.3, 0.4) is 0 Å². The van der Waals surface area contributed by atoms with E-state index >= 15 is 0 Å². The van der Waals surface area contributed by atoms with Gasteiger partial charge in [0.25, 0.3) is 0 Å². The van der Waals surface area contributed by atoms with Crippen LogP contribution in [0.5, 0.6) is 0 Å². The van der Waals surface area contributed by atoms with Crippen LogP contribution < -0.4 is 4.90 Å². The highest BCUT2D eigenvalue weighted by molar-refractivity contribution is 5.85. The lowest BCUT2D eigenvalue weighted by Crippen LogP contribution is -2.27. The topological polar surface area (TPSA) is 53.4 Å². The number of rotatable bonds is 5. The Bertz CT molecular complexity index is 347. The van der Waals surface area contributed by atoms with Gasteiger partial charge < -0.3 is 10.0 Å². The van der Waals surface area contributed by atoms with Crippen molar-refractivity contribution in [2.24, 2.45) is 5.92 Å². The zero-order valence-corrected chi connectivity index (χ0v) is 9.97. The molecule has 0 unspecified atom stereocenters. The Balaban J connectivity index is 2.82. The molecule has 1 N–H and O–H groups in total. The Labute approximate surface area is 95.9 Å². The summed E-state index contributed by atoms with van der Waals surface area (Å²) < 4.78 is 0. The number of carboxylic acids is 1. The van der Waals surface area contributed by atoms with E-state index in [4.69, 9.17) is 5.11 Å². The summed E-state index contributed by atoms with van der Waals surface area (Å²) >= 11 is 0. The molecule has 1 aromatic heterocycles. The molecule has 1 aromatic rings. The van der Waals surface area contributed by atoms with Gasteiger partial charge >= 0.3 is 5.97 Å². The fourth-order valence-corrected chi connectivity index (χ4v) is 1.56. The van der Waals surface area contributed by atoms with Gasteiger partial charge in [-0.15, -0.1) is 0 Å². The van der Waals surface area contributed by atoms with Gasteiger partial charge in [-0.05, 0) is 25.0 Å². The molecule has 4 nitrogen and oxygen atoms in total. The monoisotopic (exact) mass is 222 g/mol. The SMILES string of the molecule is CCN(CC(C)C)c1ccc(C(=O)O)nc1. The Morgan fingerprint density at radius 3 is 2.56 bits per heavy atom. The maximum atomic E-state index is 10.7. The minimum absolute atomic E-state index is 0.0874. The average Bonchev–Trinajstić information content (AvgIpc) is 2.25. The summed E-state index contributed by atoms with van der Waals surface area (Å²) in [6.45, 7) is 8.23. The third-order valence-corrected chi connectivity index (χ3v) is 2.30. The van der Waals surface area contributed by atoms with E-state index in [9.17, 15) is 4.79 Å². The standard InChI is InChI=1S/C12H18N2O2/c1-4-14(8-9(2)3)10-5-6-11(12(15)16)13-7-10/h5-7,9H,4,8H2,1-3H3,(H,15,16). The van der Waals surface area contributed by atoms with Gasteiger partial charge in [-0.1, -0.05) is 13.8 Å². The summed E-state index contributed by atoms with van der Waals surface area (Å²) in [4.78, 5) is 16.8. The number of nitrogens with zero attached hydrogens (tertiary/aromatic N) is 2. The third kappa shape index (κ3) is 3.22. The Hall–Kier alpha value is -1.58. The Morgan fingerprint density at radius 1 is 1.50 bits per heavy atom. The van der Waals surface area contributed by atoms with E-state index < -0.39 is 5.97 Å². The first kappa shape index (κ1) is 12.5. The average molecular weight is 222 g/mol. The summed E-state index contributed by atoms with van der Waals surface area (Å²) in [5.74, 6) is -0.419. The van der Waals surface area contributed by atoms with Crippen molar-refractivity contribution in [3.8, 4) is 0 Å². The van der Waals surface area contributed by atoms with Gasteiger partial charge in [0.2, 0.25) is 0 Å². The highest BCUT2D eigenvalue weighted by Gasteiger charge is 2.09. The van der Waals surface area contributed by atoms with Crippen LogP contribution in [0.25, 0.3) is 0 Å². The maximum absolute atomic E-state index is 10.7. The van der Waals surface area contributed by atoms with Crippen LogP contribution in [-0.4, -0.2) is 29.1 Å². The molecule has 0 aromatic carbocycles. The first-order valence-corrected chi connectivity index (χ1v) is 5.49. The summed E-state index contributed by atoms with van der Waals surface area (Å²) in [5.41, 5.74) is 1.06. The number of pyridine rings is 1. The van der Waals surface area contributed by atoms with Crippen molar-refractivity contribution < 1.29 is 9.90 Å². The van der Waals surface area contributed by atoms with Gasteiger partial charge in [-0.25, -0.2) is 9.78 Å². The quantitative estimate of drug-likeness (QED) is 0.830. The molecule has 0 fully saturated rings. The van der Waals surface area contributed by atoms with Crippen molar-refractivity contribution >= 4 is 11.7 Å². The number of aromatic carboxylic acids is 1. The molecule has 0 atom stereocenters. The molecule has 0 amide bonds. The van der Waals surface area contributed by atoms with E-state index in [-0.39, 0.29) is 5.69 Å². The van der Waals surface area contributed by atoms with Gasteiger partial charge in [0.15, 0.2) is 0 Å². The molecule has 0 spiro atoms. The summed E-state index contributed by atoms with van der Waals surface area (Å²) in [6.07, 6.45) is 1.62. The molecule has 4 heteroatoms. The second kappa shape index (κ2) is 5.49. The lowest BCUT2D eigenvalue weighted by Gasteiger charge is -2.24. The van der Waals surface area contributed by atoms with Crippen molar-refractivity contribution in [3.63, 3.8) is 0 Å². The second-order valence-corrected chi connectivity index (χ2v) is 4.14. The van der Waals surface area contributed by atoms with Crippen LogP contribution in [0.4, 0.5) is 5.69 Å². The minimum Gasteiger partial charge on any atom is -0.477 e.